The van der Waals surface area contributed by atoms with Crippen molar-refractivity contribution in [3.8, 4) is 67.5 Å². The minimum absolute atomic E-state index is 0.540. The molecule has 0 aliphatic carbocycles. The second-order valence-corrected chi connectivity index (χ2v) is 14.0. The lowest BCUT2D eigenvalue weighted by Crippen LogP contribution is -2.00. The van der Waals surface area contributed by atoms with Crippen molar-refractivity contribution < 1.29 is 8.83 Å². The highest BCUT2D eigenvalue weighted by atomic mass is 16.3. The quantitative estimate of drug-likeness (QED) is 0.171. The third-order valence-electron chi connectivity index (χ3n) is 10.6. The van der Waals surface area contributed by atoms with E-state index in [1.165, 1.54) is 11.1 Å². The Morgan fingerprint density at radius 1 is 0.286 bits per heavy atom. The molecule has 0 spiro atoms. The number of hydrogen-bond acceptors (Lipinski definition) is 5. The summed E-state index contributed by atoms with van der Waals surface area (Å²) in [6.07, 6.45) is 0. The van der Waals surface area contributed by atoms with Gasteiger partial charge in [-0.15, -0.1) is 0 Å². The molecule has 0 bridgehead atoms. The van der Waals surface area contributed by atoms with Crippen molar-refractivity contribution in [2.45, 2.75) is 0 Å². The topological polar surface area (TPSA) is 65.0 Å². The van der Waals surface area contributed by atoms with Gasteiger partial charge in [0, 0.05) is 32.7 Å². The average molecular weight is 718 g/mol. The molecule has 0 amide bonds. The Morgan fingerprint density at radius 2 is 0.786 bits per heavy atom. The van der Waals surface area contributed by atoms with Crippen LogP contribution in [0.3, 0.4) is 0 Å². The summed E-state index contributed by atoms with van der Waals surface area (Å²) in [6, 6.07) is 64.6. The van der Waals surface area contributed by atoms with Crippen LogP contribution in [0.1, 0.15) is 0 Å². The molecule has 8 aromatic carbocycles. The number of benzene rings is 8. The van der Waals surface area contributed by atoms with Gasteiger partial charge in [-0.2, -0.15) is 0 Å². The number of para-hydroxylation sites is 2. The monoisotopic (exact) mass is 717 g/mol. The Balaban J connectivity index is 1.07. The van der Waals surface area contributed by atoms with Gasteiger partial charge in [0.1, 0.15) is 22.3 Å². The van der Waals surface area contributed by atoms with Gasteiger partial charge in [0.15, 0.2) is 17.5 Å². The number of hydrogen-bond donors (Lipinski definition) is 0. The number of rotatable bonds is 6. The molecular formula is C51H31N3O2. The van der Waals surface area contributed by atoms with Gasteiger partial charge in [-0.1, -0.05) is 152 Å². The van der Waals surface area contributed by atoms with E-state index in [2.05, 4.69) is 127 Å². The number of fused-ring (bicyclic) bond motifs is 6. The summed E-state index contributed by atoms with van der Waals surface area (Å²) in [5, 5.41) is 4.12. The molecule has 5 nitrogen and oxygen atoms in total. The van der Waals surface area contributed by atoms with Crippen molar-refractivity contribution >= 4 is 43.9 Å². The molecule has 0 N–H and O–H groups in total. The third kappa shape index (κ3) is 5.45. The van der Waals surface area contributed by atoms with Crippen LogP contribution >= 0.6 is 0 Å². The van der Waals surface area contributed by atoms with Crippen molar-refractivity contribution in [3.05, 3.63) is 188 Å². The van der Waals surface area contributed by atoms with Crippen LogP contribution in [0, 0.1) is 0 Å². The maximum absolute atomic E-state index is 6.46. The maximum Gasteiger partial charge on any atom is 0.167 e. The normalized spacial score (nSPS) is 11.6. The number of furan rings is 2. The SMILES string of the molecule is c1ccc(-c2ccc(-c3nc(-c4ccc5oc6cccc(-c7ccc(-c8ccccc8)cc7)c6c5c4)nc(-c4cccc5c4oc4ccccc45)n3)cc2)cc1. The fraction of sp³-hybridized carbons (Fsp3) is 0. The summed E-state index contributed by atoms with van der Waals surface area (Å²) >= 11 is 0. The highest BCUT2D eigenvalue weighted by Crippen LogP contribution is 2.40. The smallest absolute Gasteiger partial charge is 0.167 e. The van der Waals surface area contributed by atoms with Gasteiger partial charge in [-0.3, -0.25) is 0 Å². The van der Waals surface area contributed by atoms with E-state index in [1.54, 1.807) is 0 Å². The fourth-order valence-corrected chi connectivity index (χ4v) is 7.80. The Hall–Kier alpha value is -7.63. The van der Waals surface area contributed by atoms with E-state index >= 15 is 0 Å². The molecule has 0 atom stereocenters. The highest BCUT2D eigenvalue weighted by molar-refractivity contribution is 6.13. The predicted molar refractivity (Wildman–Crippen MR) is 227 cm³/mol. The van der Waals surface area contributed by atoms with Crippen LogP contribution < -0.4 is 0 Å². The largest absolute Gasteiger partial charge is 0.456 e. The first-order valence-corrected chi connectivity index (χ1v) is 18.7. The van der Waals surface area contributed by atoms with Gasteiger partial charge in [0.2, 0.25) is 0 Å². The van der Waals surface area contributed by atoms with E-state index in [0.29, 0.717) is 17.5 Å². The Bertz CT molecular complexity index is 3220. The molecule has 11 rings (SSSR count). The molecule has 56 heavy (non-hydrogen) atoms. The van der Waals surface area contributed by atoms with E-state index in [-0.39, 0.29) is 0 Å². The Kier molecular flexibility index (Phi) is 7.42. The van der Waals surface area contributed by atoms with Gasteiger partial charge in [-0.25, -0.2) is 15.0 Å². The van der Waals surface area contributed by atoms with E-state index < -0.39 is 0 Å². The van der Waals surface area contributed by atoms with E-state index in [9.17, 15) is 0 Å². The summed E-state index contributed by atoms with van der Waals surface area (Å²) in [6.45, 7) is 0. The van der Waals surface area contributed by atoms with Crippen molar-refractivity contribution in [1.82, 2.24) is 15.0 Å². The van der Waals surface area contributed by atoms with Gasteiger partial charge < -0.3 is 8.83 Å². The molecule has 0 fully saturated rings. The first-order chi connectivity index (χ1) is 27.7. The van der Waals surface area contributed by atoms with Gasteiger partial charge in [0.05, 0.1) is 5.56 Å². The van der Waals surface area contributed by atoms with E-state index in [1.807, 2.05) is 60.7 Å². The average Bonchev–Trinajstić information content (AvgIpc) is 3.85. The second-order valence-electron chi connectivity index (χ2n) is 14.0. The first-order valence-electron chi connectivity index (χ1n) is 18.7. The van der Waals surface area contributed by atoms with Crippen molar-refractivity contribution in [1.29, 1.82) is 0 Å². The van der Waals surface area contributed by atoms with Gasteiger partial charge >= 0.3 is 0 Å². The van der Waals surface area contributed by atoms with Crippen molar-refractivity contribution in [2.75, 3.05) is 0 Å². The van der Waals surface area contributed by atoms with Crippen LogP contribution in [0.25, 0.3) is 111 Å². The summed E-state index contributed by atoms with van der Waals surface area (Å²) in [7, 11) is 0. The molecule has 0 saturated carbocycles. The van der Waals surface area contributed by atoms with Crippen molar-refractivity contribution in [2.24, 2.45) is 0 Å². The number of aromatic nitrogens is 3. The van der Waals surface area contributed by atoms with Crippen LogP contribution in [0.2, 0.25) is 0 Å². The Labute approximate surface area is 322 Å². The lowest BCUT2D eigenvalue weighted by Gasteiger charge is -2.10. The lowest BCUT2D eigenvalue weighted by molar-refractivity contribution is 0.669. The lowest BCUT2D eigenvalue weighted by atomic mass is 9.96. The zero-order valence-corrected chi connectivity index (χ0v) is 30.1. The third-order valence-corrected chi connectivity index (χ3v) is 10.6. The van der Waals surface area contributed by atoms with Crippen LogP contribution in [0.4, 0.5) is 0 Å². The molecule has 0 unspecified atom stereocenters. The van der Waals surface area contributed by atoms with Crippen LogP contribution in [0.5, 0.6) is 0 Å². The predicted octanol–water partition coefficient (Wildman–Crippen LogP) is 13.7. The molecule has 11 aromatic rings. The zero-order chi connectivity index (χ0) is 37.0. The molecule has 0 aliphatic heterocycles. The summed E-state index contributed by atoms with van der Waals surface area (Å²) in [4.78, 5) is 15.4. The molecule has 5 heteroatoms. The summed E-state index contributed by atoms with van der Waals surface area (Å²) in [5.41, 5.74) is 12.6. The molecule has 0 aliphatic rings. The van der Waals surface area contributed by atoms with Crippen LogP contribution in [0.15, 0.2) is 197 Å². The zero-order valence-electron chi connectivity index (χ0n) is 30.1. The standard InChI is InChI=1S/C51H31N3O2/c1-3-11-32(12-4-1)34-21-25-36(26-22-34)39-16-10-20-46-47(39)43-31-38(29-30-45(43)55-46)50-52-49(37-27-23-35(24-28-37)33-13-5-2-6-14-33)53-51(54-50)42-18-9-17-41-40-15-7-8-19-44(40)56-48(41)42/h1-31H. The minimum Gasteiger partial charge on any atom is -0.456 e. The minimum atomic E-state index is 0.540. The van der Waals surface area contributed by atoms with Gasteiger partial charge in [-0.05, 0) is 69.8 Å². The van der Waals surface area contributed by atoms with Crippen LogP contribution in [-0.4, -0.2) is 15.0 Å². The fourth-order valence-electron chi connectivity index (χ4n) is 7.80. The Morgan fingerprint density at radius 3 is 1.52 bits per heavy atom. The van der Waals surface area contributed by atoms with Crippen LogP contribution in [-0.2, 0) is 0 Å². The molecule has 3 heterocycles. The molecular weight excluding hydrogens is 687 g/mol. The summed E-state index contributed by atoms with van der Waals surface area (Å²) < 4.78 is 12.9. The highest BCUT2D eigenvalue weighted by Gasteiger charge is 2.19. The molecule has 3 aromatic heterocycles. The second kappa shape index (κ2) is 13.0. The maximum atomic E-state index is 6.46. The van der Waals surface area contributed by atoms with Crippen molar-refractivity contribution in [3.63, 3.8) is 0 Å². The van der Waals surface area contributed by atoms with Gasteiger partial charge in [0.25, 0.3) is 0 Å². The molecule has 262 valence electrons. The summed E-state index contributed by atoms with van der Waals surface area (Å²) in [5.74, 6) is 1.68. The van der Waals surface area contributed by atoms with E-state index in [4.69, 9.17) is 23.8 Å². The molecule has 0 saturated heterocycles. The first kappa shape index (κ1) is 31.9. The van der Waals surface area contributed by atoms with E-state index in [0.717, 1.165) is 82.8 Å². The number of nitrogens with zero attached hydrogens (tertiary/aromatic N) is 3. The molecule has 0 radical (unpaired) electrons.